The van der Waals surface area contributed by atoms with Gasteiger partial charge in [0.1, 0.15) is 5.82 Å². The Kier molecular flexibility index (Phi) is 3.84. The summed E-state index contributed by atoms with van der Waals surface area (Å²) in [5, 5.41) is 0. The number of aromatic nitrogens is 1. The summed E-state index contributed by atoms with van der Waals surface area (Å²) >= 11 is 0. The molecule has 0 amide bonds. The number of sulfonamides is 1. The van der Waals surface area contributed by atoms with E-state index < -0.39 is 10.0 Å². The number of hydrogen-bond donors (Lipinski definition) is 3. The summed E-state index contributed by atoms with van der Waals surface area (Å²) in [7, 11) is -3.49. The van der Waals surface area contributed by atoms with Crippen LogP contribution in [0.5, 0.6) is 0 Å². The number of nitrogens with zero attached hydrogens (tertiary/aromatic N) is 1. The van der Waals surface area contributed by atoms with Gasteiger partial charge in [0.15, 0.2) is 0 Å². The van der Waals surface area contributed by atoms with Crippen molar-refractivity contribution in [3.8, 4) is 0 Å². The predicted octanol–water partition coefficient (Wildman–Crippen LogP) is 0.834. The Hall–Kier alpha value is -1.18. The molecule has 0 spiro atoms. The molecule has 2 rings (SSSR count). The number of nitrogens with two attached hydrogens (primary N) is 1. The van der Waals surface area contributed by atoms with Crippen LogP contribution in [0.25, 0.3) is 0 Å². The first-order valence-corrected chi connectivity index (χ1v) is 7.46. The maximum absolute atomic E-state index is 12.2. The molecule has 4 N–H and O–H groups in total. The van der Waals surface area contributed by atoms with Crippen LogP contribution in [-0.4, -0.2) is 19.4 Å². The summed E-state index contributed by atoms with van der Waals surface area (Å²) in [6.07, 6.45) is 4.45. The van der Waals surface area contributed by atoms with Crippen LogP contribution in [0.1, 0.15) is 26.2 Å². The van der Waals surface area contributed by atoms with Gasteiger partial charge in [-0.2, -0.15) is 0 Å². The molecular formula is C11H18N4O2S. The van der Waals surface area contributed by atoms with Gasteiger partial charge in [-0.1, -0.05) is 13.3 Å². The summed E-state index contributed by atoms with van der Waals surface area (Å²) in [5.41, 5.74) is 2.34. The van der Waals surface area contributed by atoms with Gasteiger partial charge in [-0.15, -0.1) is 0 Å². The van der Waals surface area contributed by atoms with Crippen LogP contribution in [0.15, 0.2) is 23.2 Å². The van der Waals surface area contributed by atoms with E-state index in [0.717, 1.165) is 19.3 Å². The minimum absolute atomic E-state index is 0.0254. The standard InChI is InChI=1S/C11H18N4O2S/c1-8-3-2-4-10(8)15-18(16,17)9-5-6-13-11(7-9)14-12/h5-8,10,15H,2-4,12H2,1H3,(H,13,14). The van der Waals surface area contributed by atoms with Crippen LogP contribution in [0.3, 0.4) is 0 Å². The predicted molar refractivity (Wildman–Crippen MR) is 69.2 cm³/mol. The number of pyridine rings is 1. The van der Waals surface area contributed by atoms with Gasteiger partial charge in [0.05, 0.1) is 4.90 Å². The van der Waals surface area contributed by atoms with Crippen molar-refractivity contribution in [2.24, 2.45) is 11.8 Å². The third-order valence-electron chi connectivity index (χ3n) is 3.36. The van der Waals surface area contributed by atoms with Crippen molar-refractivity contribution in [2.45, 2.75) is 37.1 Å². The molecule has 1 heterocycles. The zero-order valence-corrected chi connectivity index (χ0v) is 11.1. The van der Waals surface area contributed by atoms with Gasteiger partial charge in [-0.05, 0) is 24.8 Å². The van der Waals surface area contributed by atoms with Gasteiger partial charge < -0.3 is 5.43 Å². The highest BCUT2D eigenvalue weighted by atomic mass is 32.2. The summed E-state index contributed by atoms with van der Waals surface area (Å²) in [5.74, 6) is 5.93. The fraction of sp³-hybridized carbons (Fsp3) is 0.545. The van der Waals surface area contributed by atoms with Crippen molar-refractivity contribution in [1.29, 1.82) is 0 Å². The van der Waals surface area contributed by atoms with Gasteiger partial charge in [0.2, 0.25) is 10.0 Å². The molecule has 100 valence electrons. The third kappa shape index (κ3) is 2.80. The molecule has 0 bridgehead atoms. The Labute approximate surface area is 107 Å². The Morgan fingerprint density at radius 2 is 2.22 bits per heavy atom. The van der Waals surface area contributed by atoms with Crippen molar-refractivity contribution in [2.75, 3.05) is 5.43 Å². The second-order valence-electron chi connectivity index (χ2n) is 4.66. The quantitative estimate of drug-likeness (QED) is 0.556. The largest absolute Gasteiger partial charge is 0.308 e. The maximum atomic E-state index is 12.2. The molecule has 2 atom stereocenters. The smallest absolute Gasteiger partial charge is 0.241 e. The second kappa shape index (κ2) is 5.21. The molecule has 1 aromatic rings. The van der Waals surface area contributed by atoms with Crippen LogP contribution in [0, 0.1) is 5.92 Å². The SMILES string of the molecule is CC1CCCC1NS(=O)(=O)c1ccnc(NN)c1. The average molecular weight is 270 g/mol. The molecule has 6 nitrogen and oxygen atoms in total. The summed E-state index contributed by atoms with van der Waals surface area (Å²) < 4.78 is 27.1. The lowest BCUT2D eigenvalue weighted by Crippen LogP contribution is -2.36. The Bertz CT molecular complexity index is 518. The first-order valence-electron chi connectivity index (χ1n) is 5.98. The molecule has 0 aliphatic heterocycles. The van der Waals surface area contributed by atoms with E-state index in [4.69, 9.17) is 5.84 Å². The molecule has 1 aliphatic carbocycles. The monoisotopic (exact) mass is 270 g/mol. The van der Waals surface area contributed by atoms with Crippen molar-refractivity contribution < 1.29 is 8.42 Å². The van der Waals surface area contributed by atoms with E-state index in [-0.39, 0.29) is 10.9 Å². The lowest BCUT2D eigenvalue weighted by Gasteiger charge is -2.17. The molecule has 18 heavy (non-hydrogen) atoms. The number of rotatable bonds is 4. The van der Waals surface area contributed by atoms with Crippen molar-refractivity contribution in [1.82, 2.24) is 9.71 Å². The number of hydrogen-bond acceptors (Lipinski definition) is 5. The number of anilines is 1. The molecule has 1 aromatic heterocycles. The van der Waals surface area contributed by atoms with Crippen LogP contribution in [0.2, 0.25) is 0 Å². The van der Waals surface area contributed by atoms with Gasteiger partial charge in [0, 0.05) is 18.3 Å². The first kappa shape index (κ1) is 13.3. The van der Waals surface area contributed by atoms with E-state index >= 15 is 0 Å². The summed E-state index contributed by atoms with van der Waals surface area (Å²) in [6, 6.07) is 2.91. The molecule has 7 heteroatoms. The topological polar surface area (TPSA) is 97.1 Å². The zero-order chi connectivity index (χ0) is 13.2. The molecule has 2 unspecified atom stereocenters. The van der Waals surface area contributed by atoms with Crippen LogP contribution in [-0.2, 0) is 10.0 Å². The van der Waals surface area contributed by atoms with Gasteiger partial charge in [-0.25, -0.2) is 24.0 Å². The van der Waals surface area contributed by atoms with Gasteiger partial charge >= 0.3 is 0 Å². The van der Waals surface area contributed by atoms with E-state index in [0.29, 0.717) is 11.7 Å². The van der Waals surface area contributed by atoms with Gasteiger partial charge in [0.25, 0.3) is 0 Å². The van der Waals surface area contributed by atoms with E-state index in [1.165, 1.54) is 18.3 Å². The average Bonchev–Trinajstić information content (AvgIpc) is 2.74. The molecule has 1 aliphatic rings. The third-order valence-corrected chi connectivity index (χ3v) is 4.85. The molecule has 0 saturated heterocycles. The number of nitrogens with one attached hydrogen (secondary N) is 2. The van der Waals surface area contributed by atoms with Crippen LogP contribution in [0.4, 0.5) is 5.82 Å². The lowest BCUT2D eigenvalue weighted by atomic mass is 10.1. The van der Waals surface area contributed by atoms with Crippen LogP contribution >= 0.6 is 0 Å². The Balaban J connectivity index is 2.19. The van der Waals surface area contributed by atoms with Crippen LogP contribution < -0.4 is 16.0 Å². The highest BCUT2D eigenvalue weighted by Gasteiger charge is 2.28. The lowest BCUT2D eigenvalue weighted by molar-refractivity contribution is 0.476. The normalized spacial score (nSPS) is 24.1. The Morgan fingerprint density at radius 3 is 2.83 bits per heavy atom. The molecular weight excluding hydrogens is 252 g/mol. The molecule has 0 aromatic carbocycles. The van der Waals surface area contributed by atoms with Crippen molar-refractivity contribution in [3.05, 3.63) is 18.3 Å². The minimum Gasteiger partial charge on any atom is -0.308 e. The number of nitrogen functional groups attached to an aromatic ring is 1. The highest BCUT2D eigenvalue weighted by Crippen LogP contribution is 2.26. The van der Waals surface area contributed by atoms with Gasteiger partial charge in [-0.3, -0.25) is 0 Å². The summed E-state index contributed by atoms with van der Waals surface area (Å²) in [4.78, 5) is 4.07. The fourth-order valence-corrected chi connectivity index (χ4v) is 3.64. The van der Waals surface area contributed by atoms with E-state index in [2.05, 4.69) is 22.1 Å². The number of hydrazine groups is 1. The summed E-state index contributed by atoms with van der Waals surface area (Å²) in [6.45, 7) is 2.07. The molecule has 1 fully saturated rings. The Morgan fingerprint density at radius 1 is 1.44 bits per heavy atom. The first-order chi connectivity index (χ1) is 8.53. The van der Waals surface area contributed by atoms with Crippen molar-refractivity contribution >= 4 is 15.8 Å². The molecule has 0 radical (unpaired) electrons. The van der Waals surface area contributed by atoms with E-state index in [1.807, 2.05) is 0 Å². The zero-order valence-electron chi connectivity index (χ0n) is 10.3. The maximum Gasteiger partial charge on any atom is 0.241 e. The van der Waals surface area contributed by atoms with E-state index in [9.17, 15) is 8.42 Å². The fourth-order valence-electron chi connectivity index (χ4n) is 2.25. The highest BCUT2D eigenvalue weighted by molar-refractivity contribution is 7.89. The minimum atomic E-state index is -3.49. The van der Waals surface area contributed by atoms with E-state index in [1.54, 1.807) is 0 Å². The second-order valence-corrected chi connectivity index (χ2v) is 6.37. The van der Waals surface area contributed by atoms with Crippen molar-refractivity contribution in [3.63, 3.8) is 0 Å². The molecule has 1 saturated carbocycles.